The smallest absolute Gasteiger partial charge is 0.226 e. The summed E-state index contributed by atoms with van der Waals surface area (Å²) >= 11 is 0. The first-order valence-electron chi connectivity index (χ1n) is 6.91. The summed E-state index contributed by atoms with van der Waals surface area (Å²) in [6.07, 6.45) is 1.56. The topological polar surface area (TPSA) is 42.2 Å². The van der Waals surface area contributed by atoms with E-state index in [1.807, 2.05) is 14.0 Å². The lowest BCUT2D eigenvalue weighted by Gasteiger charge is -2.24. The van der Waals surface area contributed by atoms with E-state index in [2.05, 4.69) is 15.0 Å². The third-order valence-corrected chi connectivity index (χ3v) is 3.56. The molecule has 0 amide bonds. The van der Waals surface area contributed by atoms with Gasteiger partial charge in [-0.15, -0.1) is 0 Å². The van der Waals surface area contributed by atoms with Crippen LogP contribution in [0.15, 0.2) is 22.7 Å². The van der Waals surface area contributed by atoms with E-state index >= 15 is 0 Å². The van der Waals surface area contributed by atoms with Crippen molar-refractivity contribution in [3.05, 3.63) is 47.1 Å². The summed E-state index contributed by atoms with van der Waals surface area (Å²) < 4.78 is 31.3. The van der Waals surface area contributed by atoms with E-state index in [0.29, 0.717) is 18.1 Å². The summed E-state index contributed by atoms with van der Waals surface area (Å²) in [5.41, 5.74) is 0.755. The molecule has 21 heavy (non-hydrogen) atoms. The minimum absolute atomic E-state index is 0.00419. The molecule has 0 N–H and O–H groups in total. The van der Waals surface area contributed by atoms with Crippen LogP contribution in [0.4, 0.5) is 8.78 Å². The average Bonchev–Trinajstić information content (AvgIpc) is 2.86. The summed E-state index contributed by atoms with van der Waals surface area (Å²) in [4.78, 5) is 6.22. The van der Waals surface area contributed by atoms with Gasteiger partial charge in [-0.2, -0.15) is 4.98 Å². The van der Waals surface area contributed by atoms with Crippen LogP contribution in [0.25, 0.3) is 0 Å². The molecule has 0 fully saturated rings. The Balaban J connectivity index is 1.87. The molecule has 1 atom stereocenters. The van der Waals surface area contributed by atoms with Crippen molar-refractivity contribution in [2.75, 3.05) is 13.6 Å². The summed E-state index contributed by atoms with van der Waals surface area (Å²) in [6, 6.07) is 4.03. The van der Waals surface area contributed by atoms with Gasteiger partial charge in [0, 0.05) is 12.5 Å². The number of hydrogen-bond acceptors (Lipinski definition) is 4. The van der Waals surface area contributed by atoms with Crippen molar-refractivity contribution in [2.24, 2.45) is 0 Å². The molecule has 0 aliphatic heterocycles. The minimum Gasteiger partial charge on any atom is -0.339 e. The fraction of sp³-hybridized carbons (Fsp3) is 0.467. The molecule has 0 aliphatic carbocycles. The fourth-order valence-electron chi connectivity index (χ4n) is 2.14. The van der Waals surface area contributed by atoms with E-state index in [1.54, 1.807) is 13.0 Å². The van der Waals surface area contributed by atoms with Crippen LogP contribution in [0.3, 0.4) is 0 Å². The third kappa shape index (κ3) is 4.07. The monoisotopic (exact) mass is 295 g/mol. The molecule has 2 aromatic rings. The SMILES string of the molecule is Cc1noc(CCCN(C)C(C)c2ccc(F)c(F)c2)n1. The standard InChI is InChI=1S/C15H19F2N3O/c1-10(12-6-7-13(16)14(17)9-12)20(3)8-4-5-15-18-11(2)19-21-15/h6-7,9-10H,4-5,8H2,1-3H3. The molecule has 0 saturated carbocycles. The zero-order chi connectivity index (χ0) is 15.4. The fourth-order valence-corrected chi connectivity index (χ4v) is 2.14. The molecule has 0 radical (unpaired) electrons. The number of aromatic nitrogens is 2. The first-order chi connectivity index (χ1) is 9.97. The van der Waals surface area contributed by atoms with Crippen LogP contribution >= 0.6 is 0 Å². The Kier molecular flexibility index (Phi) is 5.01. The highest BCUT2D eigenvalue weighted by molar-refractivity contribution is 5.20. The second-order valence-corrected chi connectivity index (χ2v) is 5.17. The molecular formula is C15H19F2N3O. The molecule has 0 aliphatic rings. The second-order valence-electron chi connectivity index (χ2n) is 5.17. The van der Waals surface area contributed by atoms with Gasteiger partial charge < -0.3 is 4.52 Å². The van der Waals surface area contributed by atoms with Gasteiger partial charge in [-0.1, -0.05) is 11.2 Å². The number of nitrogens with zero attached hydrogens (tertiary/aromatic N) is 3. The molecule has 4 nitrogen and oxygen atoms in total. The van der Waals surface area contributed by atoms with Crippen LogP contribution in [0.5, 0.6) is 0 Å². The van der Waals surface area contributed by atoms with Gasteiger partial charge in [-0.05, 0) is 51.6 Å². The molecule has 0 spiro atoms. The predicted molar refractivity (Wildman–Crippen MR) is 74.8 cm³/mol. The largest absolute Gasteiger partial charge is 0.339 e. The van der Waals surface area contributed by atoms with E-state index < -0.39 is 11.6 Å². The first-order valence-corrected chi connectivity index (χ1v) is 6.91. The molecule has 1 heterocycles. The Morgan fingerprint density at radius 1 is 1.29 bits per heavy atom. The lowest BCUT2D eigenvalue weighted by Crippen LogP contribution is -2.24. The van der Waals surface area contributed by atoms with Crippen molar-refractivity contribution in [1.29, 1.82) is 0 Å². The predicted octanol–water partition coefficient (Wildman–Crippen LogP) is 3.28. The van der Waals surface area contributed by atoms with E-state index in [9.17, 15) is 8.78 Å². The van der Waals surface area contributed by atoms with Crippen LogP contribution < -0.4 is 0 Å². The van der Waals surface area contributed by atoms with Crippen molar-refractivity contribution >= 4 is 0 Å². The van der Waals surface area contributed by atoms with Crippen molar-refractivity contribution < 1.29 is 13.3 Å². The molecule has 1 aromatic carbocycles. The molecule has 6 heteroatoms. The summed E-state index contributed by atoms with van der Waals surface area (Å²) in [6.45, 7) is 4.54. The van der Waals surface area contributed by atoms with Gasteiger partial charge in [0.2, 0.25) is 5.89 Å². The van der Waals surface area contributed by atoms with Crippen LogP contribution in [0.1, 0.15) is 36.7 Å². The van der Waals surface area contributed by atoms with E-state index in [4.69, 9.17) is 4.52 Å². The molecule has 114 valence electrons. The number of hydrogen-bond donors (Lipinski definition) is 0. The van der Waals surface area contributed by atoms with Crippen LogP contribution in [-0.2, 0) is 6.42 Å². The highest BCUT2D eigenvalue weighted by atomic mass is 19.2. The first kappa shape index (κ1) is 15.6. The minimum atomic E-state index is -0.819. The number of rotatable bonds is 6. The van der Waals surface area contributed by atoms with Crippen LogP contribution in [0, 0.1) is 18.6 Å². The normalized spacial score (nSPS) is 12.9. The van der Waals surface area contributed by atoms with Gasteiger partial charge in [0.05, 0.1) is 0 Å². The quantitative estimate of drug-likeness (QED) is 0.820. The molecule has 1 aromatic heterocycles. The summed E-state index contributed by atoms with van der Waals surface area (Å²) in [5, 5.41) is 3.74. The van der Waals surface area contributed by atoms with Crippen LogP contribution in [-0.4, -0.2) is 28.6 Å². The van der Waals surface area contributed by atoms with Crippen molar-refractivity contribution in [3.63, 3.8) is 0 Å². The maximum absolute atomic E-state index is 13.3. The van der Waals surface area contributed by atoms with E-state index in [-0.39, 0.29) is 6.04 Å². The van der Waals surface area contributed by atoms with E-state index in [1.165, 1.54) is 6.07 Å². The second kappa shape index (κ2) is 6.76. The molecule has 0 saturated heterocycles. The Labute approximate surface area is 122 Å². The van der Waals surface area contributed by atoms with Crippen LogP contribution in [0.2, 0.25) is 0 Å². The Morgan fingerprint density at radius 3 is 2.67 bits per heavy atom. The molecule has 2 rings (SSSR count). The van der Waals surface area contributed by atoms with Gasteiger partial charge >= 0.3 is 0 Å². The highest BCUT2D eigenvalue weighted by Crippen LogP contribution is 2.21. The zero-order valence-corrected chi connectivity index (χ0v) is 12.4. The average molecular weight is 295 g/mol. The van der Waals surface area contributed by atoms with Gasteiger partial charge in [0.1, 0.15) is 0 Å². The molecular weight excluding hydrogens is 276 g/mol. The molecule has 0 bridgehead atoms. The van der Waals surface area contributed by atoms with Crippen molar-refractivity contribution in [3.8, 4) is 0 Å². The Hall–Kier alpha value is -1.82. The van der Waals surface area contributed by atoms with Crippen molar-refractivity contribution in [2.45, 2.75) is 32.7 Å². The molecule has 1 unspecified atom stereocenters. The highest BCUT2D eigenvalue weighted by Gasteiger charge is 2.14. The van der Waals surface area contributed by atoms with E-state index in [0.717, 1.165) is 24.6 Å². The van der Waals surface area contributed by atoms with Gasteiger partial charge in [-0.3, -0.25) is 4.90 Å². The van der Waals surface area contributed by atoms with Crippen molar-refractivity contribution in [1.82, 2.24) is 15.0 Å². The zero-order valence-electron chi connectivity index (χ0n) is 12.4. The number of benzene rings is 1. The lowest BCUT2D eigenvalue weighted by atomic mass is 10.1. The summed E-state index contributed by atoms with van der Waals surface area (Å²) in [7, 11) is 1.95. The van der Waals surface area contributed by atoms with Gasteiger partial charge in [-0.25, -0.2) is 8.78 Å². The third-order valence-electron chi connectivity index (χ3n) is 3.56. The number of halogens is 2. The summed E-state index contributed by atoms with van der Waals surface area (Å²) in [5.74, 6) is -0.371. The Bertz CT molecular complexity index is 600. The maximum Gasteiger partial charge on any atom is 0.226 e. The maximum atomic E-state index is 13.3. The van der Waals surface area contributed by atoms with Gasteiger partial charge in [0.15, 0.2) is 17.5 Å². The number of aryl methyl sites for hydroxylation is 2. The lowest BCUT2D eigenvalue weighted by molar-refractivity contribution is 0.253. The Morgan fingerprint density at radius 2 is 2.05 bits per heavy atom. The van der Waals surface area contributed by atoms with Gasteiger partial charge in [0.25, 0.3) is 0 Å².